The van der Waals surface area contributed by atoms with Crippen molar-refractivity contribution in [2.24, 2.45) is 7.05 Å². The number of aromatic nitrogens is 4. The Morgan fingerprint density at radius 3 is 2.55 bits per heavy atom. The summed E-state index contributed by atoms with van der Waals surface area (Å²) in [7, 11) is -2.50. The summed E-state index contributed by atoms with van der Waals surface area (Å²) >= 11 is 0. The van der Waals surface area contributed by atoms with Crippen LogP contribution < -0.4 is 10.9 Å². The van der Waals surface area contributed by atoms with E-state index >= 15 is 0 Å². The molecule has 0 aliphatic carbocycles. The van der Waals surface area contributed by atoms with Gasteiger partial charge in [0.25, 0.3) is 5.56 Å². The van der Waals surface area contributed by atoms with Crippen molar-refractivity contribution in [3.63, 3.8) is 0 Å². The second-order valence-electron chi connectivity index (χ2n) is 7.66. The molecular formula is C24H19N5O3S. The molecule has 1 N–H and O–H groups in total. The lowest BCUT2D eigenvalue weighted by Gasteiger charge is -2.11. The first-order valence-corrected chi connectivity index (χ1v) is 11.6. The highest BCUT2D eigenvalue weighted by molar-refractivity contribution is 7.91. The third-order valence-corrected chi connectivity index (χ3v) is 7.19. The molecule has 5 aromatic rings. The lowest BCUT2D eigenvalue weighted by atomic mass is 10.2. The van der Waals surface area contributed by atoms with Crippen LogP contribution in [0.3, 0.4) is 0 Å². The van der Waals surface area contributed by atoms with E-state index in [2.05, 4.69) is 20.3 Å². The molecule has 0 bridgehead atoms. The van der Waals surface area contributed by atoms with Crippen molar-refractivity contribution in [3.05, 3.63) is 89.0 Å². The summed E-state index contributed by atoms with van der Waals surface area (Å²) in [6, 6.07) is 17.2. The molecule has 9 heteroatoms. The van der Waals surface area contributed by atoms with Crippen molar-refractivity contribution >= 4 is 43.4 Å². The minimum atomic E-state index is -3.99. The average Bonchev–Trinajstić information content (AvgIpc) is 2.82. The Kier molecular flexibility index (Phi) is 4.90. The number of pyridine rings is 2. The number of fused-ring (bicyclic) bond motifs is 2. The van der Waals surface area contributed by atoms with Crippen molar-refractivity contribution in [3.8, 4) is 0 Å². The lowest BCUT2D eigenvalue weighted by Crippen LogP contribution is -2.25. The maximum atomic E-state index is 13.1. The monoisotopic (exact) mass is 457 g/mol. The van der Waals surface area contributed by atoms with E-state index in [1.165, 1.54) is 36.0 Å². The van der Waals surface area contributed by atoms with Gasteiger partial charge in [-0.15, -0.1) is 0 Å². The largest absolute Gasteiger partial charge is 0.323 e. The maximum Gasteiger partial charge on any atom is 0.271 e. The molecule has 0 spiro atoms. The number of nitrogens with one attached hydrogen (secondary N) is 1. The molecule has 0 amide bonds. The van der Waals surface area contributed by atoms with E-state index in [4.69, 9.17) is 0 Å². The van der Waals surface area contributed by atoms with E-state index in [0.717, 1.165) is 22.2 Å². The van der Waals surface area contributed by atoms with Crippen molar-refractivity contribution in [1.82, 2.24) is 19.5 Å². The molecule has 2 aromatic carbocycles. The molecule has 0 saturated heterocycles. The van der Waals surface area contributed by atoms with Crippen LogP contribution in [0, 0.1) is 6.92 Å². The Morgan fingerprint density at radius 2 is 1.76 bits per heavy atom. The van der Waals surface area contributed by atoms with Crippen molar-refractivity contribution in [1.29, 1.82) is 0 Å². The van der Waals surface area contributed by atoms with Crippen LogP contribution in [0.4, 0.5) is 11.6 Å². The molecule has 0 fully saturated rings. The summed E-state index contributed by atoms with van der Waals surface area (Å²) in [6.45, 7) is 1.86. The minimum Gasteiger partial charge on any atom is -0.323 e. The topological polar surface area (TPSA) is 107 Å². The predicted octanol–water partition coefficient (Wildman–Crippen LogP) is 3.76. The average molecular weight is 458 g/mol. The molecule has 0 unspecified atom stereocenters. The van der Waals surface area contributed by atoms with Crippen LogP contribution in [0.1, 0.15) is 5.56 Å². The zero-order valence-corrected chi connectivity index (χ0v) is 18.7. The van der Waals surface area contributed by atoms with Gasteiger partial charge in [-0.2, -0.15) is 4.98 Å². The molecular weight excluding hydrogens is 438 g/mol. The fourth-order valence-corrected chi connectivity index (χ4v) is 5.04. The van der Waals surface area contributed by atoms with Crippen molar-refractivity contribution in [2.75, 3.05) is 5.32 Å². The highest BCUT2D eigenvalue weighted by Crippen LogP contribution is 2.25. The van der Waals surface area contributed by atoms with Gasteiger partial charge in [-0.25, -0.2) is 13.4 Å². The first-order chi connectivity index (χ1) is 15.8. The number of hydrogen-bond donors (Lipinski definition) is 1. The first kappa shape index (κ1) is 20.8. The predicted molar refractivity (Wildman–Crippen MR) is 126 cm³/mol. The van der Waals surface area contributed by atoms with Gasteiger partial charge in [0.1, 0.15) is 10.5 Å². The number of hydrogen-bond acceptors (Lipinski definition) is 7. The molecule has 3 heterocycles. The smallest absolute Gasteiger partial charge is 0.271 e. The summed E-state index contributed by atoms with van der Waals surface area (Å²) in [5.74, 6) is 0.281. The van der Waals surface area contributed by atoms with Crippen LogP contribution in [0.2, 0.25) is 0 Å². The van der Waals surface area contributed by atoms with Gasteiger partial charge in [0.05, 0.1) is 16.1 Å². The molecule has 0 aliphatic rings. The molecule has 0 radical (unpaired) electrons. The zero-order valence-electron chi connectivity index (χ0n) is 17.9. The van der Waals surface area contributed by atoms with Gasteiger partial charge < -0.3 is 5.32 Å². The fourth-order valence-electron chi connectivity index (χ4n) is 3.65. The summed E-state index contributed by atoms with van der Waals surface area (Å²) in [5, 5.41) is 4.50. The summed E-state index contributed by atoms with van der Waals surface area (Å²) in [6.07, 6.45) is 3.22. The van der Waals surface area contributed by atoms with E-state index in [-0.39, 0.29) is 15.7 Å². The number of aryl methyl sites for hydroxylation is 2. The molecule has 3 aromatic heterocycles. The standard InChI is InChI=1S/C24H19N5O3S/c1-15-8-10-17(11-9-15)33(31,32)21-13-16-14-26-24(28-22(16)29(2)23(21)30)27-20-7-3-6-19-18(20)5-4-12-25-19/h3-14H,1-2H3,(H,26,27,28). The van der Waals surface area contributed by atoms with Crippen molar-refractivity contribution < 1.29 is 8.42 Å². The first-order valence-electron chi connectivity index (χ1n) is 10.1. The molecule has 0 saturated carbocycles. The second kappa shape index (κ2) is 7.79. The Bertz CT molecular complexity index is 1690. The molecule has 8 nitrogen and oxygen atoms in total. The summed E-state index contributed by atoms with van der Waals surface area (Å²) in [4.78, 5) is 25.9. The number of nitrogens with zero attached hydrogens (tertiary/aromatic N) is 4. The van der Waals surface area contributed by atoms with Gasteiger partial charge >= 0.3 is 0 Å². The number of anilines is 2. The van der Waals surface area contributed by atoms with E-state index in [9.17, 15) is 13.2 Å². The Balaban J connectivity index is 1.60. The summed E-state index contributed by atoms with van der Waals surface area (Å²) < 4.78 is 27.5. The SMILES string of the molecule is Cc1ccc(S(=O)(=O)c2cc3cnc(Nc4cccc5ncccc45)nc3n(C)c2=O)cc1. The van der Waals surface area contributed by atoms with E-state index in [1.54, 1.807) is 18.3 Å². The number of benzene rings is 2. The highest BCUT2D eigenvalue weighted by atomic mass is 32.2. The Labute approximate surface area is 189 Å². The number of rotatable bonds is 4. The number of sulfone groups is 1. The summed E-state index contributed by atoms with van der Waals surface area (Å²) in [5.41, 5.74) is 2.18. The van der Waals surface area contributed by atoms with Crippen LogP contribution in [-0.4, -0.2) is 27.9 Å². The van der Waals surface area contributed by atoms with Gasteiger partial charge in [0.2, 0.25) is 15.8 Å². The lowest BCUT2D eigenvalue weighted by molar-refractivity contribution is 0.593. The van der Waals surface area contributed by atoms with Crippen LogP contribution in [-0.2, 0) is 16.9 Å². The van der Waals surface area contributed by atoms with Gasteiger partial charge in [0.15, 0.2) is 0 Å². The third kappa shape index (κ3) is 3.62. The quantitative estimate of drug-likeness (QED) is 0.438. The highest BCUT2D eigenvalue weighted by Gasteiger charge is 2.24. The van der Waals surface area contributed by atoms with Gasteiger partial charge in [0, 0.05) is 30.2 Å². The fraction of sp³-hybridized carbons (Fsp3) is 0.0833. The van der Waals surface area contributed by atoms with Crippen LogP contribution >= 0.6 is 0 Å². The van der Waals surface area contributed by atoms with Gasteiger partial charge in [-0.05, 0) is 49.4 Å². The van der Waals surface area contributed by atoms with Crippen LogP contribution in [0.5, 0.6) is 0 Å². The minimum absolute atomic E-state index is 0.0633. The molecule has 5 rings (SSSR count). The zero-order chi connectivity index (χ0) is 23.2. The second-order valence-corrected chi connectivity index (χ2v) is 9.58. The normalized spacial score (nSPS) is 11.7. The Hall–Kier alpha value is -4.11. The Morgan fingerprint density at radius 1 is 0.970 bits per heavy atom. The molecule has 0 aliphatic heterocycles. The van der Waals surface area contributed by atoms with E-state index in [1.807, 2.05) is 37.3 Å². The van der Waals surface area contributed by atoms with Crippen molar-refractivity contribution in [2.45, 2.75) is 16.7 Å². The van der Waals surface area contributed by atoms with Gasteiger partial charge in [-0.3, -0.25) is 14.3 Å². The molecule has 0 atom stereocenters. The van der Waals surface area contributed by atoms with Crippen LogP contribution in [0.15, 0.2) is 87.6 Å². The molecule has 33 heavy (non-hydrogen) atoms. The molecule has 164 valence electrons. The third-order valence-electron chi connectivity index (χ3n) is 5.43. The maximum absolute atomic E-state index is 13.1. The van der Waals surface area contributed by atoms with E-state index < -0.39 is 15.4 Å². The van der Waals surface area contributed by atoms with E-state index in [0.29, 0.717) is 11.0 Å². The van der Waals surface area contributed by atoms with Gasteiger partial charge in [-0.1, -0.05) is 23.8 Å². The van der Waals surface area contributed by atoms with Crippen LogP contribution in [0.25, 0.3) is 21.9 Å².